The smallest absolute Gasteiger partial charge is 0.356 e. The fourth-order valence-electron chi connectivity index (χ4n) is 2.83. The molecular formula is C25H24N2O3. The second kappa shape index (κ2) is 10.9. The maximum atomic E-state index is 11.7. The van der Waals surface area contributed by atoms with Crippen molar-refractivity contribution in [2.24, 2.45) is 0 Å². The van der Waals surface area contributed by atoms with Crippen LogP contribution in [-0.2, 0) is 11.3 Å². The predicted octanol–water partition coefficient (Wildman–Crippen LogP) is 3.41. The summed E-state index contributed by atoms with van der Waals surface area (Å²) in [6, 6.07) is 21.1. The topological polar surface area (TPSA) is 71.5 Å². The molecule has 3 aromatic rings. The van der Waals surface area contributed by atoms with Gasteiger partial charge in [0.2, 0.25) is 0 Å². The highest BCUT2D eigenvalue weighted by Gasteiger charge is 2.08. The van der Waals surface area contributed by atoms with Gasteiger partial charge in [-0.15, -0.1) is 0 Å². The van der Waals surface area contributed by atoms with Gasteiger partial charge in [-0.3, -0.25) is 0 Å². The second-order valence-corrected chi connectivity index (χ2v) is 6.68. The van der Waals surface area contributed by atoms with E-state index in [1.807, 2.05) is 42.5 Å². The molecule has 1 heterocycles. The van der Waals surface area contributed by atoms with Gasteiger partial charge in [0.05, 0.1) is 12.8 Å². The van der Waals surface area contributed by atoms with E-state index in [4.69, 9.17) is 9.84 Å². The molecule has 0 fully saturated rings. The standard InChI is InChI=1S/C25H24N2O3/c1-30-25(29)24-5-2-4-23(27-24)22-14-12-20(13-15-22)7-6-19-8-10-21(11-9-19)18-26-16-3-17-28/h2,4-5,8-15,26,28H,3,16-18H2,1H3. The van der Waals surface area contributed by atoms with Crippen LogP contribution in [0.3, 0.4) is 0 Å². The van der Waals surface area contributed by atoms with Crippen LogP contribution in [-0.4, -0.2) is 36.3 Å². The van der Waals surface area contributed by atoms with Crippen LogP contribution < -0.4 is 5.32 Å². The Labute approximate surface area is 176 Å². The van der Waals surface area contributed by atoms with Crippen LogP contribution in [0.15, 0.2) is 66.7 Å². The number of hydrogen-bond donors (Lipinski definition) is 2. The number of rotatable bonds is 7. The number of pyridine rings is 1. The molecule has 0 atom stereocenters. The molecule has 5 nitrogen and oxygen atoms in total. The summed E-state index contributed by atoms with van der Waals surface area (Å²) in [6.07, 6.45) is 0.759. The van der Waals surface area contributed by atoms with Gasteiger partial charge in [0.1, 0.15) is 5.69 Å². The summed E-state index contributed by atoms with van der Waals surface area (Å²) in [4.78, 5) is 16.0. The van der Waals surface area contributed by atoms with Crippen LogP contribution in [0, 0.1) is 11.8 Å². The minimum Gasteiger partial charge on any atom is -0.464 e. The molecule has 2 N–H and O–H groups in total. The molecule has 5 heteroatoms. The van der Waals surface area contributed by atoms with E-state index in [9.17, 15) is 4.79 Å². The number of nitrogens with zero attached hydrogens (tertiary/aromatic N) is 1. The van der Waals surface area contributed by atoms with Crippen LogP contribution in [0.25, 0.3) is 11.3 Å². The molecule has 0 amide bonds. The van der Waals surface area contributed by atoms with Crippen LogP contribution in [0.2, 0.25) is 0 Å². The summed E-state index contributed by atoms with van der Waals surface area (Å²) in [5.41, 5.74) is 4.93. The first-order valence-electron chi connectivity index (χ1n) is 9.78. The van der Waals surface area contributed by atoms with Crippen LogP contribution in [0.1, 0.15) is 33.6 Å². The fraction of sp³-hybridized carbons (Fsp3) is 0.200. The molecule has 2 aromatic carbocycles. The van der Waals surface area contributed by atoms with Gasteiger partial charge in [0.15, 0.2) is 0 Å². The number of esters is 1. The van der Waals surface area contributed by atoms with Gasteiger partial charge in [-0.2, -0.15) is 0 Å². The minimum absolute atomic E-state index is 0.207. The number of aliphatic hydroxyl groups is 1. The average molecular weight is 400 g/mol. The van der Waals surface area contributed by atoms with Crippen LogP contribution in [0.5, 0.6) is 0 Å². The lowest BCUT2D eigenvalue weighted by Gasteiger charge is -2.04. The Bertz CT molecular complexity index is 1030. The van der Waals surface area contributed by atoms with Crippen molar-refractivity contribution in [3.8, 4) is 23.1 Å². The quantitative estimate of drug-likeness (QED) is 0.361. The Balaban J connectivity index is 1.64. The molecule has 152 valence electrons. The van der Waals surface area contributed by atoms with Crippen LogP contribution in [0.4, 0.5) is 0 Å². The van der Waals surface area contributed by atoms with Gasteiger partial charge >= 0.3 is 5.97 Å². The molecule has 0 aliphatic carbocycles. The van der Waals surface area contributed by atoms with E-state index in [-0.39, 0.29) is 12.3 Å². The zero-order chi connectivity index (χ0) is 21.2. The van der Waals surface area contributed by atoms with Crippen molar-refractivity contribution in [2.75, 3.05) is 20.3 Å². The third-order valence-electron chi connectivity index (χ3n) is 4.47. The first kappa shape index (κ1) is 21.3. The monoisotopic (exact) mass is 400 g/mol. The van der Waals surface area contributed by atoms with Gasteiger partial charge in [0, 0.05) is 29.8 Å². The number of aromatic nitrogens is 1. The highest BCUT2D eigenvalue weighted by Crippen LogP contribution is 2.18. The summed E-state index contributed by atoms with van der Waals surface area (Å²) >= 11 is 0. The number of hydrogen-bond acceptors (Lipinski definition) is 5. The summed E-state index contributed by atoms with van der Waals surface area (Å²) in [5, 5.41) is 12.1. The maximum Gasteiger partial charge on any atom is 0.356 e. The Kier molecular flexibility index (Phi) is 7.73. The van der Waals surface area contributed by atoms with Crippen molar-refractivity contribution >= 4 is 5.97 Å². The minimum atomic E-state index is -0.453. The van der Waals surface area contributed by atoms with Gasteiger partial charge in [0.25, 0.3) is 0 Å². The summed E-state index contributed by atoms with van der Waals surface area (Å²) in [7, 11) is 1.34. The maximum absolute atomic E-state index is 11.7. The second-order valence-electron chi connectivity index (χ2n) is 6.68. The van der Waals surface area contributed by atoms with Crippen molar-refractivity contribution in [2.45, 2.75) is 13.0 Å². The number of ether oxygens (including phenoxy) is 1. The average Bonchev–Trinajstić information content (AvgIpc) is 2.81. The van der Waals surface area contributed by atoms with E-state index in [0.717, 1.165) is 36.2 Å². The van der Waals surface area contributed by atoms with Crippen molar-refractivity contribution in [3.05, 3.63) is 89.1 Å². The molecule has 0 aliphatic rings. The van der Waals surface area contributed by atoms with E-state index in [0.29, 0.717) is 5.69 Å². The molecule has 0 aliphatic heterocycles. The molecule has 0 spiro atoms. The van der Waals surface area contributed by atoms with Gasteiger partial charge in [-0.25, -0.2) is 9.78 Å². The molecule has 0 radical (unpaired) electrons. The lowest BCUT2D eigenvalue weighted by Crippen LogP contribution is -2.15. The van der Waals surface area contributed by atoms with Gasteiger partial charge in [-0.05, 0) is 54.9 Å². The number of aliphatic hydroxyl groups excluding tert-OH is 1. The molecule has 0 unspecified atom stereocenters. The fourth-order valence-corrected chi connectivity index (χ4v) is 2.83. The molecule has 3 rings (SSSR count). The molecule has 0 saturated carbocycles. The normalized spacial score (nSPS) is 10.2. The molecule has 1 aromatic heterocycles. The lowest BCUT2D eigenvalue weighted by atomic mass is 10.1. The number of methoxy groups -OCH3 is 1. The van der Waals surface area contributed by atoms with Gasteiger partial charge < -0.3 is 15.2 Å². The Morgan fingerprint density at radius 1 is 1.00 bits per heavy atom. The summed E-state index contributed by atoms with van der Waals surface area (Å²) in [6.45, 7) is 1.79. The van der Waals surface area contributed by atoms with Crippen molar-refractivity contribution in [1.29, 1.82) is 0 Å². The number of carbonyl (C=O) groups is 1. The zero-order valence-corrected chi connectivity index (χ0v) is 16.9. The number of nitrogens with one attached hydrogen (secondary N) is 1. The molecule has 30 heavy (non-hydrogen) atoms. The summed E-state index contributed by atoms with van der Waals surface area (Å²) < 4.78 is 4.72. The van der Waals surface area contributed by atoms with Gasteiger partial charge in [-0.1, -0.05) is 42.2 Å². The molecule has 0 bridgehead atoms. The summed E-state index contributed by atoms with van der Waals surface area (Å²) in [5.74, 6) is 5.89. The Morgan fingerprint density at radius 2 is 1.67 bits per heavy atom. The van der Waals surface area contributed by atoms with E-state index >= 15 is 0 Å². The van der Waals surface area contributed by atoms with E-state index in [1.54, 1.807) is 12.1 Å². The van der Waals surface area contributed by atoms with E-state index in [2.05, 4.69) is 34.3 Å². The molecule has 0 saturated heterocycles. The third-order valence-corrected chi connectivity index (χ3v) is 4.47. The lowest BCUT2D eigenvalue weighted by molar-refractivity contribution is 0.0594. The zero-order valence-electron chi connectivity index (χ0n) is 16.9. The third kappa shape index (κ3) is 6.02. The highest BCUT2D eigenvalue weighted by molar-refractivity contribution is 5.87. The number of carbonyl (C=O) groups excluding carboxylic acids is 1. The molecular weight excluding hydrogens is 376 g/mol. The Hall–Kier alpha value is -3.46. The predicted molar refractivity (Wildman–Crippen MR) is 117 cm³/mol. The first-order valence-corrected chi connectivity index (χ1v) is 9.78. The largest absolute Gasteiger partial charge is 0.464 e. The van der Waals surface area contributed by atoms with Crippen LogP contribution >= 0.6 is 0 Å². The Morgan fingerprint density at radius 3 is 2.30 bits per heavy atom. The van der Waals surface area contributed by atoms with Crippen molar-refractivity contribution in [1.82, 2.24) is 10.3 Å². The SMILES string of the molecule is COC(=O)c1cccc(-c2ccc(C#Cc3ccc(CNCCCO)cc3)cc2)n1. The van der Waals surface area contributed by atoms with E-state index < -0.39 is 5.97 Å². The van der Waals surface area contributed by atoms with Crippen molar-refractivity contribution in [3.63, 3.8) is 0 Å². The first-order chi connectivity index (χ1) is 14.7. The number of benzene rings is 2. The highest BCUT2D eigenvalue weighted by atomic mass is 16.5. The van der Waals surface area contributed by atoms with E-state index in [1.165, 1.54) is 12.7 Å². The van der Waals surface area contributed by atoms with Crippen molar-refractivity contribution < 1.29 is 14.6 Å².